The summed E-state index contributed by atoms with van der Waals surface area (Å²) in [7, 11) is 5.05. The zero-order valence-corrected chi connectivity index (χ0v) is 16.7. The number of rotatable bonds is 7. The zero-order valence-electron chi connectivity index (χ0n) is 16.7. The van der Waals surface area contributed by atoms with Gasteiger partial charge in [-0.1, -0.05) is 48.5 Å². The molecule has 0 heterocycles. The molecule has 3 aromatic rings. The Morgan fingerprint density at radius 1 is 0.821 bits per heavy atom. The summed E-state index contributed by atoms with van der Waals surface area (Å²) in [5, 5.41) is 9.25. The second-order valence-electron chi connectivity index (χ2n) is 6.47. The Hall–Kier alpha value is -3.21. The molecular weight excluding hydrogens is 350 g/mol. The Bertz CT molecular complexity index is 953. The molecule has 3 rings (SSSR count). The fourth-order valence-electron chi connectivity index (χ4n) is 3.12. The molecule has 3 aromatic carbocycles. The molecule has 0 radical (unpaired) electrons. The van der Waals surface area contributed by atoms with Gasteiger partial charge in [-0.05, 0) is 40.5 Å². The second kappa shape index (κ2) is 9.65. The van der Waals surface area contributed by atoms with Crippen LogP contribution in [0.1, 0.15) is 11.1 Å². The standard InChI is InChI=1S/C23H27N3O2/c1-24-23(26-16-18-9-11-21(27-2)22(15-18)28-3)25-13-12-17-8-10-19-6-4-5-7-20(19)14-17/h4-11,14-15H,12-13,16H2,1-3H3,(H2,24,25,26). The summed E-state index contributed by atoms with van der Waals surface area (Å²) in [6.45, 7) is 1.46. The van der Waals surface area contributed by atoms with E-state index in [4.69, 9.17) is 9.47 Å². The minimum absolute atomic E-state index is 0.649. The van der Waals surface area contributed by atoms with Gasteiger partial charge < -0.3 is 20.1 Å². The van der Waals surface area contributed by atoms with Gasteiger partial charge in [-0.25, -0.2) is 0 Å². The lowest BCUT2D eigenvalue weighted by molar-refractivity contribution is 0.354. The molecular formula is C23H27N3O2. The van der Waals surface area contributed by atoms with Crippen molar-refractivity contribution in [3.63, 3.8) is 0 Å². The average molecular weight is 377 g/mol. The molecule has 0 unspecified atom stereocenters. The Kier molecular flexibility index (Phi) is 6.73. The van der Waals surface area contributed by atoms with Crippen LogP contribution < -0.4 is 20.1 Å². The van der Waals surface area contributed by atoms with E-state index >= 15 is 0 Å². The highest BCUT2D eigenvalue weighted by molar-refractivity contribution is 5.83. The van der Waals surface area contributed by atoms with E-state index in [1.807, 2.05) is 18.2 Å². The van der Waals surface area contributed by atoms with Crippen molar-refractivity contribution in [1.82, 2.24) is 10.6 Å². The molecule has 0 aliphatic heterocycles. The maximum atomic E-state index is 5.36. The quantitative estimate of drug-likeness (QED) is 0.486. The molecule has 0 aliphatic rings. The van der Waals surface area contributed by atoms with Gasteiger partial charge in [0, 0.05) is 20.1 Å². The van der Waals surface area contributed by atoms with E-state index in [2.05, 4.69) is 58.1 Å². The summed E-state index contributed by atoms with van der Waals surface area (Å²) in [4.78, 5) is 4.30. The molecule has 0 atom stereocenters. The predicted octanol–water partition coefficient (Wildman–Crippen LogP) is 3.76. The molecule has 0 spiro atoms. The highest BCUT2D eigenvalue weighted by Crippen LogP contribution is 2.27. The van der Waals surface area contributed by atoms with Crippen LogP contribution in [0, 0.1) is 0 Å². The van der Waals surface area contributed by atoms with Crippen LogP contribution >= 0.6 is 0 Å². The van der Waals surface area contributed by atoms with Crippen LogP contribution in [-0.2, 0) is 13.0 Å². The van der Waals surface area contributed by atoms with Crippen LogP contribution in [0.4, 0.5) is 0 Å². The Balaban J connectivity index is 1.51. The van der Waals surface area contributed by atoms with E-state index in [0.717, 1.165) is 36.0 Å². The van der Waals surface area contributed by atoms with Crippen molar-refractivity contribution in [1.29, 1.82) is 0 Å². The van der Waals surface area contributed by atoms with Crippen molar-refractivity contribution < 1.29 is 9.47 Å². The first-order chi connectivity index (χ1) is 13.7. The molecule has 0 aromatic heterocycles. The van der Waals surface area contributed by atoms with Gasteiger partial charge in [-0.3, -0.25) is 4.99 Å². The number of nitrogens with one attached hydrogen (secondary N) is 2. The molecule has 146 valence electrons. The number of ether oxygens (including phenoxy) is 2. The van der Waals surface area contributed by atoms with Crippen molar-refractivity contribution in [3.8, 4) is 11.5 Å². The summed E-state index contributed by atoms with van der Waals surface area (Å²) < 4.78 is 10.6. The van der Waals surface area contributed by atoms with Crippen LogP contribution in [0.5, 0.6) is 11.5 Å². The SMILES string of the molecule is CN=C(NCCc1ccc2ccccc2c1)NCc1ccc(OC)c(OC)c1. The van der Waals surface area contributed by atoms with Crippen molar-refractivity contribution in [2.24, 2.45) is 4.99 Å². The van der Waals surface area contributed by atoms with E-state index in [1.165, 1.54) is 16.3 Å². The molecule has 5 nitrogen and oxygen atoms in total. The van der Waals surface area contributed by atoms with Gasteiger partial charge in [0.15, 0.2) is 17.5 Å². The first-order valence-electron chi connectivity index (χ1n) is 9.36. The zero-order chi connectivity index (χ0) is 19.8. The van der Waals surface area contributed by atoms with Crippen LogP contribution in [0.2, 0.25) is 0 Å². The number of benzene rings is 3. The van der Waals surface area contributed by atoms with Crippen LogP contribution in [-0.4, -0.2) is 33.8 Å². The summed E-state index contributed by atoms with van der Waals surface area (Å²) >= 11 is 0. The van der Waals surface area contributed by atoms with Crippen LogP contribution in [0.3, 0.4) is 0 Å². The fourth-order valence-corrected chi connectivity index (χ4v) is 3.12. The first kappa shape index (κ1) is 19.5. The van der Waals surface area contributed by atoms with Gasteiger partial charge in [-0.15, -0.1) is 0 Å². The Morgan fingerprint density at radius 2 is 1.57 bits per heavy atom. The molecule has 0 fully saturated rings. The van der Waals surface area contributed by atoms with Gasteiger partial charge >= 0.3 is 0 Å². The molecule has 28 heavy (non-hydrogen) atoms. The molecule has 0 aliphatic carbocycles. The third-order valence-corrected chi connectivity index (χ3v) is 4.65. The number of aliphatic imine (C=N–C) groups is 1. The van der Waals surface area contributed by atoms with Gasteiger partial charge in [-0.2, -0.15) is 0 Å². The lowest BCUT2D eigenvalue weighted by atomic mass is 10.1. The van der Waals surface area contributed by atoms with E-state index in [0.29, 0.717) is 6.54 Å². The minimum atomic E-state index is 0.649. The molecule has 0 saturated heterocycles. The van der Waals surface area contributed by atoms with Crippen molar-refractivity contribution in [2.75, 3.05) is 27.8 Å². The molecule has 0 bridgehead atoms. The van der Waals surface area contributed by atoms with Crippen molar-refractivity contribution >= 4 is 16.7 Å². The summed E-state index contributed by atoms with van der Waals surface area (Å²) in [5.41, 5.74) is 2.40. The second-order valence-corrected chi connectivity index (χ2v) is 6.47. The van der Waals surface area contributed by atoms with Crippen LogP contribution in [0.25, 0.3) is 10.8 Å². The molecule has 0 saturated carbocycles. The highest BCUT2D eigenvalue weighted by atomic mass is 16.5. The molecule has 0 amide bonds. The lowest BCUT2D eigenvalue weighted by Gasteiger charge is -2.13. The monoisotopic (exact) mass is 377 g/mol. The van der Waals surface area contributed by atoms with Crippen molar-refractivity contribution in [3.05, 3.63) is 71.8 Å². The van der Waals surface area contributed by atoms with Crippen LogP contribution in [0.15, 0.2) is 65.7 Å². The number of nitrogens with zero attached hydrogens (tertiary/aromatic N) is 1. The normalized spacial score (nSPS) is 11.3. The number of guanidine groups is 1. The lowest BCUT2D eigenvalue weighted by Crippen LogP contribution is -2.37. The van der Waals surface area contributed by atoms with Gasteiger partial charge in [0.2, 0.25) is 0 Å². The van der Waals surface area contributed by atoms with E-state index < -0.39 is 0 Å². The maximum absolute atomic E-state index is 5.36. The summed E-state index contributed by atoms with van der Waals surface area (Å²) in [6, 6.07) is 20.9. The van der Waals surface area contributed by atoms with Crippen molar-refractivity contribution in [2.45, 2.75) is 13.0 Å². The Morgan fingerprint density at radius 3 is 2.32 bits per heavy atom. The van der Waals surface area contributed by atoms with Gasteiger partial charge in [0.1, 0.15) is 0 Å². The Labute approximate surface area is 166 Å². The topological polar surface area (TPSA) is 54.9 Å². The fraction of sp³-hybridized carbons (Fsp3) is 0.261. The molecule has 5 heteroatoms. The number of fused-ring (bicyclic) bond motifs is 1. The van der Waals surface area contributed by atoms with E-state index in [-0.39, 0.29) is 0 Å². The summed E-state index contributed by atoms with van der Waals surface area (Å²) in [5.74, 6) is 2.22. The largest absolute Gasteiger partial charge is 0.493 e. The smallest absolute Gasteiger partial charge is 0.191 e. The minimum Gasteiger partial charge on any atom is -0.493 e. The maximum Gasteiger partial charge on any atom is 0.191 e. The first-order valence-corrected chi connectivity index (χ1v) is 9.36. The molecule has 2 N–H and O–H groups in total. The third-order valence-electron chi connectivity index (χ3n) is 4.65. The summed E-state index contributed by atoms with van der Waals surface area (Å²) in [6.07, 6.45) is 0.932. The van der Waals surface area contributed by atoms with E-state index in [9.17, 15) is 0 Å². The van der Waals surface area contributed by atoms with E-state index in [1.54, 1.807) is 21.3 Å². The number of methoxy groups -OCH3 is 2. The van der Waals surface area contributed by atoms with Gasteiger partial charge in [0.05, 0.1) is 14.2 Å². The third kappa shape index (κ3) is 4.94. The predicted molar refractivity (Wildman–Crippen MR) is 115 cm³/mol. The highest BCUT2D eigenvalue weighted by Gasteiger charge is 2.05. The average Bonchev–Trinajstić information content (AvgIpc) is 2.75. The van der Waals surface area contributed by atoms with Gasteiger partial charge in [0.25, 0.3) is 0 Å². The number of hydrogen-bond donors (Lipinski definition) is 2. The number of hydrogen-bond acceptors (Lipinski definition) is 3.